The minimum atomic E-state index is 0.103. The molecule has 1 aromatic heterocycles. The maximum absolute atomic E-state index is 9.51. The van der Waals surface area contributed by atoms with E-state index in [4.69, 9.17) is 16.3 Å². The van der Waals surface area contributed by atoms with Gasteiger partial charge in [-0.25, -0.2) is 9.97 Å². The van der Waals surface area contributed by atoms with Gasteiger partial charge in [0, 0.05) is 19.2 Å². The van der Waals surface area contributed by atoms with Gasteiger partial charge in [0.15, 0.2) is 5.82 Å². The zero-order valence-corrected chi connectivity index (χ0v) is 12.1. The van der Waals surface area contributed by atoms with Crippen molar-refractivity contribution in [2.45, 2.75) is 32.9 Å². The number of hydrogen-bond donors (Lipinski definition) is 1. The van der Waals surface area contributed by atoms with Crippen LogP contribution >= 0.6 is 11.6 Å². The molecule has 1 aromatic rings. The van der Waals surface area contributed by atoms with Crippen LogP contribution in [-0.2, 0) is 11.3 Å². The van der Waals surface area contributed by atoms with E-state index < -0.39 is 0 Å². The third-order valence-corrected chi connectivity index (χ3v) is 3.72. The fourth-order valence-electron chi connectivity index (χ4n) is 2.43. The summed E-state index contributed by atoms with van der Waals surface area (Å²) in [5.74, 6) is 1.81. The number of hydrogen-bond acceptors (Lipinski definition) is 5. The highest BCUT2D eigenvalue weighted by atomic mass is 35.5. The Hall–Kier alpha value is -0.910. The maximum atomic E-state index is 9.51. The van der Waals surface area contributed by atoms with E-state index in [1.54, 1.807) is 6.07 Å². The highest BCUT2D eigenvalue weighted by Crippen LogP contribution is 2.29. The topological polar surface area (TPSA) is 58.5 Å². The average Bonchev–Trinajstić information content (AvgIpc) is 2.76. The average molecular weight is 286 g/mol. The molecule has 2 atom stereocenters. The molecule has 6 heteroatoms. The first kappa shape index (κ1) is 14.5. The quantitative estimate of drug-likeness (QED) is 0.837. The Morgan fingerprint density at radius 1 is 1.53 bits per heavy atom. The number of aromatic nitrogens is 2. The molecular formula is C13H20ClN3O2. The van der Waals surface area contributed by atoms with Crippen LogP contribution < -0.4 is 4.90 Å². The van der Waals surface area contributed by atoms with Crippen molar-refractivity contribution in [3.8, 4) is 0 Å². The predicted octanol–water partition coefficient (Wildman–Crippen LogP) is 1.87. The first-order chi connectivity index (χ1) is 9.15. The van der Waals surface area contributed by atoms with Gasteiger partial charge in [-0.05, 0) is 19.3 Å². The van der Waals surface area contributed by atoms with Gasteiger partial charge in [0.1, 0.15) is 17.6 Å². The summed E-state index contributed by atoms with van der Waals surface area (Å²) < 4.78 is 5.31. The highest BCUT2D eigenvalue weighted by Gasteiger charge is 2.31. The van der Waals surface area contributed by atoms with Crippen LogP contribution in [0.15, 0.2) is 6.07 Å². The van der Waals surface area contributed by atoms with Crippen molar-refractivity contribution < 1.29 is 9.84 Å². The highest BCUT2D eigenvalue weighted by molar-refractivity contribution is 6.29. The SMILES string of the molecule is CCOCc1nc(Cl)cc(N2CCC(C)C2CO)n1. The van der Waals surface area contributed by atoms with Gasteiger partial charge >= 0.3 is 0 Å². The lowest BCUT2D eigenvalue weighted by Crippen LogP contribution is -2.36. The lowest BCUT2D eigenvalue weighted by Gasteiger charge is -2.26. The third-order valence-electron chi connectivity index (χ3n) is 3.53. The van der Waals surface area contributed by atoms with Crippen molar-refractivity contribution in [1.29, 1.82) is 0 Å². The molecule has 0 aromatic carbocycles. The molecule has 1 aliphatic rings. The molecule has 1 fully saturated rings. The number of aliphatic hydroxyl groups is 1. The smallest absolute Gasteiger partial charge is 0.158 e. The molecule has 0 aliphatic carbocycles. The first-order valence-corrected chi connectivity index (χ1v) is 7.02. The second-order valence-electron chi connectivity index (χ2n) is 4.81. The fourth-order valence-corrected chi connectivity index (χ4v) is 2.62. The first-order valence-electron chi connectivity index (χ1n) is 6.64. The van der Waals surface area contributed by atoms with E-state index >= 15 is 0 Å². The Morgan fingerprint density at radius 2 is 2.32 bits per heavy atom. The van der Waals surface area contributed by atoms with Crippen LogP contribution in [0.4, 0.5) is 5.82 Å². The molecule has 5 nitrogen and oxygen atoms in total. The van der Waals surface area contributed by atoms with Crippen molar-refractivity contribution in [3.63, 3.8) is 0 Å². The number of aliphatic hydroxyl groups excluding tert-OH is 1. The van der Waals surface area contributed by atoms with E-state index in [2.05, 4.69) is 21.8 Å². The molecule has 1 saturated heterocycles. The Kier molecular flexibility index (Phi) is 4.96. The summed E-state index contributed by atoms with van der Waals surface area (Å²) in [5.41, 5.74) is 0. The van der Waals surface area contributed by atoms with Crippen LogP contribution in [-0.4, -0.2) is 40.9 Å². The summed E-state index contributed by atoms with van der Waals surface area (Å²) in [5, 5.41) is 9.92. The van der Waals surface area contributed by atoms with Crippen molar-refractivity contribution in [3.05, 3.63) is 17.0 Å². The molecule has 0 amide bonds. The van der Waals surface area contributed by atoms with Crippen LogP contribution in [0.5, 0.6) is 0 Å². The Balaban J connectivity index is 2.21. The van der Waals surface area contributed by atoms with Crippen molar-refractivity contribution >= 4 is 17.4 Å². The van der Waals surface area contributed by atoms with Gasteiger partial charge in [0.05, 0.1) is 12.6 Å². The Bertz CT molecular complexity index is 430. The second-order valence-corrected chi connectivity index (χ2v) is 5.20. The molecule has 2 heterocycles. The molecule has 19 heavy (non-hydrogen) atoms. The van der Waals surface area contributed by atoms with E-state index in [9.17, 15) is 5.11 Å². The molecule has 2 rings (SSSR count). The minimum absolute atomic E-state index is 0.103. The summed E-state index contributed by atoms with van der Waals surface area (Å²) in [6.07, 6.45) is 1.05. The number of halogens is 1. The van der Waals surface area contributed by atoms with E-state index in [1.807, 2.05) is 6.92 Å². The lowest BCUT2D eigenvalue weighted by atomic mass is 10.0. The molecule has 0 saturated carbocycles. The molecule has 0 spiro atoms. The fraction of sp³-hybridized carbons (Fsp3) is 0.692. The van der Waals surface area contributed by atoms with E-state index in [1.165, 1.54) is 0 Å². The second kappa shape index (κ2) is 6.50. The van der Waals surface area contributed by atoms with Gasteiger partial charge < -0.3 is 14.7 Å². The molecule has 106 valence electrons. The summed E-state index contributed by atoms with van der Waals surface area (Å²) in [7, 11) is 0. The van der Waals surface area contributed by atoms with Crippen molar-refractivity contribution in [2.24, 2.45) is 5.92 Å². The number of ether oxygens (including phenoxy) is 1. The molecule has 0 radical (unpaired) electrons. The van der Waals surface area contributed by atoms with Gasteiger partial charge in [-0.1, -0.05) is 18.5 Å². The summed E-state index contributed by atoms with van der Waals surface area (Å²) >= 11 is 6.04. The molecule has 1 N–H and O–H groups in total. The van der Waals surface area contributed by atoms with Crippen LogP contribution in [0.3, 0.4) is 0 Å². The summed E-state index contributed by atoms with van der Waals surface area (Å²) in [6, 6.07) is 1.85. The minimum Gasteiger partial charge on any atom is -0.394 e. The van der Waals surface area contributed by atoms with Crippen LogP contribution in [0.2, 0.25) is 5.15 Å². The van der Waals surface area contributed by atoms with Crippen molar-refractivity contribution in [1.82, 2.24) is 9.97 Å². The number of rotatable bonds is 5. The molecular weight excluding hydrogens is 266 g/mol. The molecule has 0 bridgehead atoms. The van der Waals surface area contributed by atoms with Crippen LogP contribution in [0.25, 0.3) is 0 Å². The van der Waals surface area contributed by atoms with Gasteiger partial charge in [-0.2, -0.15) is 0 Å². The monoisotopic (exact) mass is 285 g/mol. The zero-order chi connectivity index (χ0) is 13.8. The van der Waals surface area contributed by atoms with Gasteiger partial charge in [0.2, 0.25) is 0 Å². The van der Waals surface area contributed by atoms with E-state index in [-0.39, 0.29) is 12.6 Å². The molecule has 2 unspecified atom stereocenters. The normalized spacial score (nSPS) is 23.1. The summed E-state index contributed by atoms with van der Waals surface area (Å²) in [6.45, 7) is 6.06. The van der Waals surface area contributed by atoms with E-state index in [0.29, 0.717) is 30.1 Å². The van der Waals surface area contributed by atoms with Gasteiger partial charge in [-0.15, -0.1) is 0 Å². The molecule has 1 aliphatic heterocycles. The Morgan fingerprint density at radius 3 is 3.00 bits per heavy atom. The largest absolute Gasteiger partial charge is 0.394 e. The Labute approximate surface area is 118 Å². The van der Waals surface area contributed by atoms with Gasteiger partial charge in [-0.3, -0.25) is 0 Å². The van der Waals surface area contributed by atoms with Crippen LogP contribution in [0, 0.1) is 5.92 Å². The van der Waals surface area contributed by atoms with Crippen molar-refractivity contribution in [2.75, 3.05) is 24.7 Å². The third kappa shape index (κ3) is 3.35. The lowest BCUT2D eigenvalue weighted by molar-refractivity contribution is 0.128. The predicted molar refractivity (Wildman–Crippen MR) is 74.4 cm³/mol. The number of nitrogens with zero attached hydrogens (tertiary/aromatic N) is 3. The van der Waals surface area contributed by atoms with E-state index in [0.717, 1.165) is 18.8 Å². The maximum Gasteiger partial charge on any atom is 0.158 e. The van der Waals surface area contributed by atoms with Crippen LogP contribution in [0.1, 0.15) is 26.1 Å². The zero-order valence-electron chi connectivity index (χ0n) is 11.3. The number of anilines is 1. The standard InChI is InChI=1S/C13H20ClN3O2/c1-3-19-8-12-15-11(14)6-13(16-12)17-5-4-9(2)10(17)7-18/h6,9-10,18H,3-5,7-8H2,1-2H3. The summed E-state index contributed by atoms with van der Waals surface area (Å²) in [4.78, 5) is 10.7. The van der Waals surface area contributed by atoms with Gasteiger partial charge in [0.25, 0.3) is 0 Å².